The van der Waals surface area contributed by atoms with E-state index in [1.54, 1.807) is 14.2 Å². The van der Waals surface area contributed by atoms with Crippen LogP contribution in [-0.4, -0.2) is 26.6 Å². The van der Waals surface area contributed by atoms with Gasteiger partial charge in [0.2, 0.25) is 0 Å². The van der Waals surface area contributed by atoms with Crippen molar-refractivity contribution in [2.75, 3.05) is 14.2 Å². The van der Waals surface area contributed by atoms with Gasteiger partial charge in [-0.25, -0.2) is 0 Å². The highest BCUT2D eigenvalue weighted by Crippen LogP contribution is 2.09. The van der Waals surface area contributed by atoms with E-state index in [0.717, 1.165) is 12.8 Å². The molecule has 0 bridgehead atoms. The molecule has 0 saturated carbocycles. The molecule has 16 heavy (non-hydrogen) atoms. The summed E-state index contributed by atoms with van der Waals surface area (Å²) in [6.07, 6.45) is 1.48. The standard InChI is InChI=1S/C13H21NO2/c1-4-10-5-7-11(8-6-10)9-12(14)13(15-2)16-3/h5-8,12-13H,4,9,14H2,1-3H3. The van der Waals surface area contributed by atoms with E-state index >= 15 is 0 Å². The number of hydrogen-bond acceptors (Lipinski definition) is 3. The van der Waals surface area contributed by atoms with Crippen LogP contribution in [0.4, 0.5) is 0 Å². The van der Waals surface area contributed by atoms with E-state index in [2.05, 4.69) is 31.2 Å². The third-order valence-electron chi connectivity index (χ3n) is 2.72. The lowest BCUT2D eigenvalue weighted by atomic mass is 10.0. The fourth-order valence-corrected chi connectivity index (χ4v) is 1.73. The highest BCUT2D eigenvalue weighted by Gasteiger charge is 2.16. The van der Waals surface area contributed by atoms with Gasteiger partial charge < -0.3 is 15.2 Å². The molecule has 0 fully saturated rings. The summed E-state index contributed by atoms with van der Waals surface area (Å²) in [7, 11) is 3.21. The van der Waals surface area contributed by atoms with Crippen molar-refractivity contribution in [3.8, 4) is 0 Å². The quantitative estimate of drug-likeness (QED) is 0.747. The van der Waals surface area contributed by atoms with Gasteiger partial charge in [0.15, 0.2) is 6.29 Å². The largest absolute Gasteiger partial charge is 0.354 e. The summed E-state index contributed by atoms with van der Waals surface area (Å²) in [4.78, 5) is 0. The monoisotopic (exact) mass is 223 g/mol. The van der Waals surface area contributed by atoms with Gasteiger partial charge in [-0.1, -0.05) is 31.2 Å². The van der Waals surface area contributed by atoms with Crippen molar-refractivity contribution in [3.05, 3.63) is 35.4 Å². The molecule has 1 rings (SSSR count). The second-order valence-corrected chi connectivity index (χ2v) is 3.88. The Kier molecular flexibility index (Phi) is 5.46. The van der Waals surface area contributed by atoms with Crippen LogP contribution in [0.5, 0.6) is 0 Å². The normalized spacial score (nSPS) is 13.1. The van der Waals surface area contributed by atoms with E-state index in [-0.39, 0.29) is 12.3 Å². The summed E-state index contributed by atoms with van der Waals surface area (Å²) >= 11 is 0. The van der Waals surface area contributed by atoms with E-state index in [4.69, 9.17) is 15.2 Å². The molecular formula is C13H21NO2. The number of aryl methyl sites for hydroxylation is 1. The number of rotatable bonds is 6. The molecule has 0 spiro atoms. The van der Waals surface area contributed by atoms with Crippen LogP contribution in [-0.2, 0) is 22.3 Å². The zero-order valence-electron chi connectivity index (χ0n) is 10.3. The Morgan fingerprint density at radius 1 is 1.06 bits per heavy atom. The first kappa shape index (κ1) is 13.2. The van der Waals surface area contributed by atoms with Crippen molar-refractivity contribution in [1.29, 1.82) is 0 Å². The third-order valence-corrected chi connectivity index (χ3v) is 2.72. The third kappa shape index (κ3) is 3.59. The molecule has 0 aliphatic carbocycles. The van der Waals surface area contributed by atoms with Crippen LogP contribution in [0.2, 0.25) is 0 Å². The highest BCUT2D eigenvalue weighted by molar-refractivity contribution is 5.23. The topological polar surface area (TPSA) is 44.5 Å². The molecule has 1 atom stereocenters. The molecule has 0 aliphatic rings. The first-order valence-electron chi connectivity index (χ1n) is 5.60. The van der Waals surface area contributed by atoms with E-state index in [9.17, 15) is 0 Å². The SMILES string of the molecule is CCc1ccc(CC(N)C(OC)OC)cc1. The second-order valence-electron chi connectivity index (χ2n) is 3.88. The lowest BCUT2D eigenvalue weighted by molar-refractivity contribution is -0.115. The molecule has 2 N–H and O–H groups in total. The van der Waals surface area contributed by atoms with Gasteiger partial charge in [-0.3, -0.25) is 0 Å². The van der Waals surface area contributed by atoms with Crippen molar-refractivity contribution in [2.45, 2.75) is 32.1 Å². The van der Waals surface area contributed by atoms with Crippen LogP contribution in [0.3, 0.4) is 0 Å². The Balaban J connectivity index is 2.58. The van der Waals surface area contributed by atoms with Crippen LogP contribution < -0.4 is 5.73 Å². The minimum atomic E-state index is -0.342. The molecule has 3 heteroatoms. The van der Waals surface area contributed by atoms with Crippen molar-refractivity contribution >= 4 is 0 Å². The zero-order chi connectivity index (χ0) is 12.0. The summed E-state index contributed by atoms with van der Waals surface area (Å²) in [6, 6.07) is 8.36. The van der Waals surface area contributed by atoms with Gasteiger partial charge >= 0.3 is 0 Å². The molecule has 3 nitrogen and oxygen atoms in total. The summed E-state index contributed by atoms with van der Waals surface area (Å²) in [6.45, 7) is 2.15. The first-order chi connectivity index (χ1) is 7.71. The minimum absolute atomic E-state index is 0.137. The Morgan fingerprint density at radius 2 is 1.56 bits per heavy atom. The average molecular weight is 223 g/mol. The smallest absolute Gasteiger partial charge is 0.172 e. The number of benzene rings is 1. The van der Waals surface area contributed by atoms with Gasteiger partial charge in [0.25, 0.3) is 0 Å². The van der Waals surface area contributed by atoms with Crippen LogP contribution >= 0.6 is 0 Å². The van der Waals surface area contributed by atoms with Crippen molar-refractivity contribution < 1.29 is 9.47 Å². The second kappa shape index (κ2) is 6.63. The van der Waals surface area contributed by atoms with Gasteiger partial charge in [-0.2, -0.15) is 0 Å². The molecule has 0 amide bonds. The molecule has 1 unspecified atom stereocenters. The van der Waals surface area contributed by atoms with Crippen molar-refractivity contribution in [3.63, 3.8) is 0 Å². The predicted octanol–water partition coefficient (Wildman–Crippen LogP) is 1.74. The van der Waals surface area contributed by atoms with Crippen molar-refractivity contribution in [1.82, 2.24) is 0 Å². The van der Waals surface area contributed by atoms with Crippen LogP contribution in [0.25, 0.3) is 0 Å². The molecule has 0 aromatic heterocycles. The number of methoxy groups -OCH3 is 2. The molecule has 90 valence electrons. The Morgan fingerprint density at radius 3 is 2.00 bits per heavy atom. The van der Waals surface area contributed by atoms with Gasteiger partial charge in [0.1, 0.15) is 0 Å². The Labute approximate surface area is 97.6 Å². The summed E-state index contributed by atoms with van der Waals surface area (Å²) in [5.74, 6) is 0. The summed E-state index contributed by atoms with van der Waals surface area (Å²) in [5, 5.41) is 0. The molecule has 0 aliphatic heterocycles. The lowest BCUT2D eigenvalue weighted by Gasteiger charge is -2.20. The van der Waals surface area contributed by atoms with E-state index < -0.39 is 0 Å². The van der Waals surface area contributed by atoms with Gasteiger partial charge in [0.05, 0.1) is 6.04 Å². The maximum absolute atomic E-state index is 5.99. The summed E-state index contributed by atoms with van der Waals surface area (Å²) in [5.41, 5.74) is 8.54. The fraction of sp³-hybridized carbons (Fsp3) is 0.538. The zero-order valence-corrected chi connectivity index (χ0v) is 10.3. The Hall–Kier alpha value is -0.900. The minimum Gasteiger partial charge on any atom is -0.354 e. The van der Waals surface area contributed by atoms with Gasteiger partial charge in [-0.05, 0) is 24.0 Å². The number of ether oxygens (including phenoxy) is 2. The maximum atomic E-state index is 5.99. The average Bonchev–Trinajstić information content (AvgIpc) is 2.31. The van der Waals surface area contributed by atoms with E-state index in [1.807, 2.05) is 0 Å². The fourth-order valence-electron chi connectivity index (χ4n) is 1.73. The highest BCUT2D eigenvalue weighted by atomic mass is 16.7. The molecule has 0 radical (unpaired) electrons. The number of hydrogen-bond donors (Lipinski definition) is 1. The van der Waals surface area contributed by atoms with E-state index in [1.165, 1.54) is 11.1 Å². The first-order valence-corrected chi connectivity index (χ1v) is 5.60. The molecule has 0 saturated heterocycles. The lowest BCUT2D eigenvalue weighted by Crippen LogP contribution is -2.39. The molecule has 0 heterocycles. The van der Waals surface area contributed by atoms with Gasteiger partial charge in [0, 0.05) is 14.2 Å². The molecule has 1 aromatic carbocycles. The van der Waals surface area contributed by atoms with Gasteiger partial charge in [-0.15, -0.1) is 0 Å². The maximum Gasteiger partial charge on any atom is 0.172 e. The molecular weight excluding hydrogens is 202 g/mol. The molecule has 1 aromatic rings. The predicted molar refractivity (Wildman–Crippen MR) is 65.3 cm³/mol. The van der Waals surface area contributed by atoms with Crippen LogP contribution in [0.1, 0.15) is 18.1 Å². The summed E-state index contributed by atoms with van der Waals surface area (Å²) < 4.78 is 10.3. The van der Waals surface area contributed by atoms with Crippen LogP contribution in [0, 0.1) is 0 Å². The van der Waals surface area contributed by atoms with Crippen LogP contribution in [0.15, 0.2) is 24.3 Å². The number of nitrogens with two attached hydrogens (primary N) is 1. The van der Waals surface area contributed by atoms with Crippen molar-refractivity contribution in [2.24, 2.45) is 5.73 Å². The van der Waals surface area contributed by atoms with E-state index in [0.29, 0.717) is 0 Å². The Bertz CT molecular complexity index is 293.